The molecule has 0 radical (unpaired) electrons. The van der Waals surface area contributed by atoms with Gasteiger partial charge in [0, 0.05) is 6.54 Å². The minimum Gasteiger partial charge on any atom is -0.497 e. The van der Waals surface area contributed by atoms with Crippen LogP contribution in [0.15, 0.2) is 24.3 Å². The summed E-state index contributed by atoms with van der Waals surface area (Å²) in [7, 11) is 1.57. The number of nitrogens with one attached hydrogen (secondary N) is 2. The van der Waals surface area contributed by atoms with Crippen molar-refractivity contribution >= 4 is 23.8 Å². The number of ether oxygens (including phenoxy) is 2. The summed E-state index contributed by atoms with van der Waals surface area (Å²) < 4.78 is 10.0. The first kappa shape index (κ1) is 21.6. The third kappa shape index (κ3) is 4.90. The molecule has 2 fully saturated rings. The molecular formula is C21H27N3O6. The number of carbonyl (C=O) groups is 4. The quantitative estimate of drug-likeness (QED) is 0.511. The molecule has 1 saturated carbocycles. The summed E-state index contributed by atoms with van der Waals surface area (Å²) in [5.74, 6) is -0.450. The van der Waals surface area contributed by atoms with Gasteiger partial charge < -0.3 is 20.1 Å². The summed E-state index contributed by atoms with van der Waals surface area (Å²) in [5.41, 5.74) is -0.0403. The van der Waals surface area contributed by atoms with Crippen molar-refractivity contribution in [1.29, 1.82) is 0 Å². The van der Waals surface area contributed by atoms with Gasteiger partial charge in [-0.05, 0) is 49.3 Å². The molecule has 1 heterocycles. The zero-order valence-corrected chi connectivity index (χ0v) is 17.2. The van der Waals surface area contributed by atoms with Gasteiger partial charge in [0.15, 0.2) is 6.61 Å². The first-order chi connectivity index (χ1) is 14.3. The smallest absolute Gasteiger partial charge is 0.326 e. The second-order valence-corrected chi connectivity index (χ2v) is 7.87. The highest BCUT2D eigenvalue weighted by Gasteiger charge is 2.52. The normalized spacial score (nSPS) is 23.3. The fourth-order valence-electron chi connectivity index (χ4n) is 3.73. The minimum atomic E-state index is -0.903. The Labute approximate surface area is 175 Å². The largest absolute Gasteiger partial charge is 0.497 e. The summed E-state index contributed by atoms with van der Waals surface area (Å²) >= 11 is 0. The van der Waals surface area contributed by atoms with Gasteiger partial charge in [-0.2, -0.15) is 0 Å². The number of amides is 4. The van der Waals surface area contributed by atoms with Crippen molar-refractivity contribution in [3.05, 3.63) is 29.8 Å². The summed E-state index contributed by atoms with van der Waals surface area (Å²) in [6.07, 6.45) is 2.83. The highest BCUT2D eigenvalue weighted by atomic mass is 16.5. The minimum absolute atomic E-state index is 0.272. The Kier molecular flexibility index (Phi) is 6.59. The van der Waals surface area contributed by atoms with Crippen LogP contribution in [0.25, 0.3) is 0 Å². The molecule has 1 aliphatic carbocycles. The van der Waals surface area contributed by atoms with Crippen LogP contribution in [0.2, 0.25) is 0 Å². The number of rotatable bonds is 7. The first-order valence-corrected chi connectivity index (χ1v) is 10.0. The number of hydrogen-bond acceptors (Lipinski definition) is 6. The number of esters is 1. The van der Waals surface area contributed by atoms with Gasteiger partial charge in [0.2, 0.25) is 0 Å². The van der Waals surface area contributed by atoms with Gasteiger partial charge in [0.05, 0.1) is 7.11 Å². The van der Waals surface area contributed by atoms with Gasteiger partial charge in [0.1, 0.15) is 17.8 Å². The maximum Gasteiger partial charge on any atom is 0.326 e. The van der Waals surface area contributed by atoms with E-state index in [1.807, 2.05) is 12.1 Å². The third-order valence-electron chi connectivity index (χ3n) is 5.67. The fraction of sp³-hybridized carbons (Fsp3) is 0.524. The number of imide groups is 1. The van der Waals surface area contributed by atoms with E-state index in [9.17, 15) is 19.2 Å². The second kappa shape index (κ2) is 9.15. The van der Waals surface area contributed by atoms with E-state index in [2.05, 4.69) is 17.6 Å². The molecular weight excluding hydrogens is 390 g/mol. The number of hydrogen-bond donors (Lipinski definition) is 2. The average Bonchev–Trinajstić information content (AvgIpc) is 2.97. The van der Waals surface area contributed by atoms with E-state index in [1.54, 1.807) is 19.2 Å². The lowest BCUT2D eigenvalue weighted by atomic mass is 9.77. The van der Waals surface area contributed by atoms with Crippen LogP contribution in [-0.4, -0.2) is 54.5 Å². The van der Waals surface area contributed by atoms with Crippen molar-refractivity contribution in [2.75, 3.05) is 20.3 Å². The molecule has 1 spiro atoms. The highest BCUT2D eigenvalue weighted by molar-refractivity contribution is 6.08. The van der Waals surface area contributed by atoms with Gasteiger partial charge in [-0.25, -0.2) is 4.79 Å². The summed E-state index contributed by atoms with van der Waals surface area (Å²) in [6.45, 7) is 1.40. The Bertz CT molecular complexity index is 815. The van der Waals surface area contributed by atoms with E-state index in [0.717, 1.165) is 23.3 Å². The zero-order chi connectivity index (χ0) is 21.7. The molecule has 1 aromatic carbocycles. The summed E-state index contributed by atoms with van der Waals surface area (Å²) in [6, 6.07) is 6.59. The van der Waals surface area contributed by atoms with Crippen molar-refractivity contribution in [3.63, 3.8) is 0 Å². The fourth-order valence-corrected chi connectivity index (χ4v) is 3.73. The van der Waals surface area contributed by atoms with E-state index in [4.69, 9.17) is 9.47 Å². The van der Waals surface area contributed by atoms with E-state index in [1.165, 1.54) is 0 Å². The SMILES string of the molecule is COc1ccc(CNC(=O)COC(=O)CN2C(=O)NC3(CCC(C)CC3)C2=O)cc1. The summed E-state index contributed by atoms with van der Waals surface area (Å²) in [5, 5.41) is 5.38. The Morgan fingerprint density at radius 1 is 1.20 bits per heavy atom. The Morgan fingerprint density at radius 2 is 1.87 bits per heavy atom. The molecule has 9 nitrogen and oxygen atoms in total. The molecule has 9 heteroatoms. The molecule has 1 aliphatic heterocycles. The molecule has 0 bridgehead atoms. The third-order valence-corrected chi connectivity index (χ3v) is 5.67. The van der Waals surface area contributed by atoms with Crippen molar-refractivity contribution in [3.8, 4) is 5.75 Å². The molecule has 30 heavy (non-hydrogen) atoms. The van der Waals surface area contributed by atoms with Gasteiger partial charge in [-0.15, -0.1) is 0 Å². The molecule has 1 aromatic rings. The topological polar surface area (TPSA) is 114 Å². The lowest BCUT2D eigenvalue weighted by Gasteiger charge is -2.33. The van der Waals surface area contributed by atoms with E-state index >= 15 is 0 Å². The van der Waals surface area contributed by atoms with E-state index < -0.39 is 36.6 Å². The van der Waals surface area contributed by atoms with Gasteiger partial charge >= 0.3 is 12.0 Å². The van der Waals surface area contributed by atoms with Gasteiger partial charge in [-0.3, -0.25) is 19.3 Å². The molecule has 0 atom stereocenters. The number of benzene rings is 1. The molecule has 0 unspecified atom stereocenters. The molecule has 4 amide bonds. The van der Waals surface area contributed by atoms with Crippen LogP contribution in [0, 0.1) is 5.92 Å². The maximum atomic E-state index is 12.7. The molecule has 3 rings (SSSR count). The van der Waals surface area contributed by atoms with Crippen molar-refractivity contribution in [2.45, 2.75) is 44.7 Å². The first-order valence-electron chi connectivity index (χ1n) is 10.0. The standard InChI is InChI=1S/C21H27N3O6/c1-14-7-9-21(10-8-14)19(27)24(20(28)23-21)12-18(26)30-13-17(25)22-11-15-3-5-16(29-2)6-4-15/h3-6,14H,7-13H2,1-2H3,(H,22,25)(H,23,28). The van der Waals surface area contributed by atoms with Crippen LogP contribution in [0.5, 0.6) is 5.75 Å². The van der Waals surface area contributed by atoms with Crippen LogP contribution >= 0.6 is 0 Å². The lowest BCUT2D eigenvalue weighted by Crippen LogP contribution is -2.49. The Hall–Kier alpha value is -3.10. The Morgan fingerprint density at radius 3 is 2.50 bits per heavy atom. The summed E-state index contributed by atoms with van der Waals surface area (Å²) in [4.78, 5) is 49.8. The van der Waals surface area contributed by atoms with Crippen molar-refractivity contribution < 1.29 is 28.7 Å². The maximum absolute atomic E-state index is 12.7. The lowest BCUT2D eigenvalue weighted by molar-refractivity contribution is -0.151. The second-order valence-electron chi connectivity index (χ2n) is 7.87. The molecule has 162 valence electrons. The predicted octanol–water partition coefficient (Wildman–Crippen LogP) is 1.36. The highest BCUT2D eigenvalue weighted by Crippen LogP contribution is 2.36. The van der Waals surface area contributed by atoms with Crippen LogP contribution in [0.1, 0.15) is 38.2 Å². The van der Waals surface area contributed by atoms with Crippen molar-refractivity contribution in [1.82, 2.24) is 15.5 Å². The van der Waals surface area contributed by atoms with Crippen LogP contribution in [0.4, 0.5) is 4.79 Å². The van der Waals surface area contributed by atoms with Crippen LogP contribution in [0.3, 0.4) is 0 Å². The molecule has 2 N–H and O–H groups in total. The number of nitrogens with zero attached hydrogens (tertiary/aromatic N) is 1. The average molecular weight is 417 g/mol. The van der Waals surface area contributed by atoms with E-state index in [0.29, 0.717) is 24.5 Å². The van der Waals surface area contributed by atoms with Gasteiger partial charge in [-0.1, -0.05) is 19.1 Å². The van der Waals surface area contributed by atoms with Crippen LogP contribution in [-0.2, 0) is 25.7 Å². The molecule has 1 saturated heterocycles. The molecule has 2 aliphatic rings. The van der Waals surface area contributed by atoms with Crippen LogP contribution < -0.4 is 15.4 Å². The van der Waals surface area contributed by atoms with Crippen molar-refractivity contribution in [2.24, 2.45) is 5.92 Å². The zero-order valence-electron chi connectivity index (χ0n) is 17.2. The number of carbonyl (C=O) groups excluding carboxylic acids is 4. The monoisotopic (exact) mass is 417 g/mol. The predicted molar refractivity (Wildman–Crippen MR) is 106 cm³/mol. The Balaban J connectivity index is 1.43. The molecule has 0 aromatic heterocycles. The number of urea groups is 1. The number of methoxy groups -OCH3 is 1. The van der Waals surface area contributed by atoms with Gasteiger partial charge in [0.25, 0.3) is 11.8 Å². The van der Waals surface area contributed by atoms with E-state index in [-0.39, 0.29) is 12.5 Å².